The van der Waals surface area contributed by atoms with Gasteiger partial charge in [0.25, 0.3) is 0 Å². The number of hydrogen-bond acceptors (Lipinski definition) is 5. The molecule has 0 bridgehead atoms. The Labute approximate surface area is 175 Å². The van der Waals surface area contributed by atoms with E-state index in [9.17, 15) is 4.39 Å². The van der Waals surface area contributed by atoms with Gasteiger partial charge in [-0.25, -0.2) is 14.4 Å². The van der Waals surface area contributed by atoms with Gasteiger partial charge in [0.2, 0.25) is 5.88 Å². The molecule has 0 fully saturated rings. The number of benzene rings is 1. The van der Waals surface area contributed by atoms with Crippen LogP contribution in [-0.4, -0.2) is 38.8 Å². The molecule has 0 aliphatic heterocycles. The number of aromatic nitrogens is 4. The van der Waals surface area contributed by atoms with Crippen LogP contribution in [0.2, 0.25) is 0 Å². The fourth-order valence-electron chi connectivity index (χ4n) is 2.77. The summed E-state index contributed by atoms with van der Waals surface area (Å²) in [5.74, 6) is 2.34. The summed E-state index contributed by atoms with van der Waals surface area (Å²) in [4.78, 5) is 8.83. The highest BCUT2D eigenvalue weighted by molar-refractivity contribution is 5.79. The normalized spacial score (nSPS) is 11.4. The van der Waals surface area contributed by atoms with Gasteiger partial charge in [-0.1, -0.05) is 6.92 Å². The van der Waals surface area contributed by atoms with Gasteiger partial charge in [0.05, 0.1) is 6.54 Å². The molecule has 2 aromatic heterocycles. The third-order valence-corrected chi connectivity index (χ3v) is 4.26. The number of nitrogens with zero attached hydrogens (tertiary/aromatic N) is 5. The second kappa shape index (κ2) is 10.9. The van der Waals surface area contributed by atoms with Gasteiger partial charge < -0.3 is 19.9 Å². The van der Waals surface area contributed by atoms with Gasteiger partial charge in [-0.3, -0.25) is 0 Å². The van der Waals surface area contributed by atoms with Crippen molar-refractivity contribution >= 4 is 5.96 Å². The van der Waals surface area contributed by atoms with Crippen LogP contribution in [0, 0.1) is 5.82 Å². The zero-order valence-corrected chi connectivity index (χ0v) is 17.2. The fraction of sp³-hybridized carbons (Fsp3) is 0.333. The molecule has 0 unspecified atom stereocenters. The Bertz CT molecular complexity index is 956. The molecule has 0 amide bonds. The lowest BCUT2D eigenvalue weighted by Gasteiger charge is -2.12. The number of rotatable bonds is 9. The molecule has 2 N–H and O–H groups in total. The van der Waals surface area contributed by atoms with Crippen molar-refractivity contribution in [2.45, 2.75) is 33.4 Å². The van der Waals surface area contributed by atoms with Crippen LogP contribution in [-0.2, 0) is 19.5 Å². The largest absolute Gasteiger partial charge is 0.439 e. The van der Waals surface area contributed by atoms with E-state index < -0.39 is 0 Å². The molecular formula is C21H26FN7O. The van der Waals surface area contributed by atoms with E-state index in [0.29, 0.717) is 24.7 Å². The first-order chi connectivity index (χ1) is 14.7. The van der Waals surface area contributed by atoms with Crippen LogP contribution in [0.4, 0.5) is 4.39 Å². The van der Waals surface area contributed by atoms with Crippen LogP contribution in [0.15, 0.2) is 53.9 Å². The van der Waals surface area contributed by atoms with Crippen LogP contribution in [0.1, 0.15) is 25.2 Å². The Hall–Kier alpha value is -3.49. The van der Waals surface area contributed by atoms with E-state index >= 15 is 0 Å². The molecular weight excluding hydrogens is 385 g/mol. The first-order valence-electron chi connectivity index (χ1n) is 9.95. The second-order valence-corrected chi connectivity index (χ2v) is 6.47. The van der Waals surface area contributed by atoms with E-state index in [2.05, 4.69) is 37.7 Å². The average Bonchev–Trinajstić information content (AvgIpc) is 3.21. The predicted molar refractivity (Wildman–Crippen MR) is 113 cm³/mol. The van der Waals surface area contributed by atoms with Crippen molar-refractivity contribution in [1.29, 1.82) is 0 Å². The van der Waals surface area contributed by atoms with Gasteiger partial charge >= 0.3 is 0 Å². The summed E-state index contributed by atoms with van der Waals surface area (Å²) in [5, 5.41) is 14.6. The van der Waals surface area contributed by atoms with E-state index in [0.717, 1.165) is 36.9 Å². The number of pyridine rings is 1. The minimum absolute atomic E-state index is 0.308. The third kappa shape index (κ3) is 6.26. The summed E-state index contributed by atoms with van der Waals surface area (Å²) >= 11 is 0. The summed E-state index contributed by atoms with van der Waals surface area (Å²) < 4.78 is 20.7. The lowest BCUT2D eigenvalue weighted by molar-refractivity contribution is 0.460. The first kappa shape index (κ1) is 21.2. The van der Waals surface area contributed by atoms with Crippen molar-refractivity contribution in [2.24, 2.45) is 4.99 Å². The molecule has 1 aromatic carbocycles. The number of ether oxygens (including phenoxy) is 1. The van der Waals surface area contributed by atoms with Crippen LogP contribution < -0.4 is 15.4 Å². The summed E-state index contributed by atoms with van der Waals surface area (Å²) in [7, 11) is 0. The molecule has 0 saturated heterocycles. The average molecular weight is 411 g/mol. The van der Waals surface area contributed by atoms with Gasteiger partial charge in [0.15, 0.2) is 5.96 Å². The number of guanidine groups is 1. The van der Waals surface area contributed by atoms with Gasteiger partial charge in [0.1, 0.15) is 23.7 Å². The topological polar surface area (TPSA) is 89.3 Å². The monoisotopic (exact) mass is 411 g/mol. The lowest BCUT2D eigenvalue weighted by atomic mass is 10.2. The molecule has 3 rings (SSSR count). The van der Waals surface area contributed by atoms with Crippen LogP contribution in [0.5, 0.6) is 11.6 Å². The summed E-state index contributed by atoms with van der Waals surface area (Å²) in [5.41, 5.74) is 0.950. The highest BCUT2D eigenvalue weighted by Crippen LogP contribution is 2.20. The van der Waals surface area contributed by atoms with E-state index in [4.69, 9.17) is 4.74 Å². The molecule has 2 heterocycles. The van der Waals surface area contributed by atoms with E-state index in [-0.39, 0.29) is 5.82 Å². The first-order valence-corrected chi connectivity index (χ1v) is 9.95. The number of nitrogens with one attached hydrogen (secondary N) is 2. The van der Waals surface area contributed by atoms with E-state index in [1.165, 1.54) is 12.1 Å². The Kier molecular flexibility index (Phi) is 7.71. The van der Waals surface area contributed by atoms with Gasteiger partial charge in [-0.05, 0) is 42.8 Å². The smallest absolute Gasteiger partial charge is 0.219 e. The molecule has 30 heavy (non-hydrogen) atoms. The van der Waals surface area contributed by atoms with Crippen molar-refractivity contribution in [2.75, 3.05) is 13.1 Å². The van der Waals surface area contributed by atoms with Crippen molar-refractivity contribution in [3.8, 4) is 11.6 Å². The van der Waals surface area contributed by atoms with Crippen LogP contribution in [0.25, 0.3) is 0 Å². The maximum atomic E-state index is 13.0. The third-order valence-electron chi connectivity index (χ3n) is 4.26. The van der Waals surface area contributed by atoms with Crippen molar-refractivity contribution in [3.05, 3.63) is 66.1 Å². The zero-order chi connectivity index (χ0) is 21.2. The molecule has 3 aromatic rings. The molecule has 0 spiro atoms. The van der Waals surface area contributed by atoms with E-state index in [1.807, 2.05) is 23.6 Å². The standard InChI is InChI=1S/C21H26FN7O/c1-3-19-28-27-15-29(19)12-11-25-21(23-4-2)26-14-16-9-10-24-20(13-16)30-18-7-5-17(22)6-8-18/h5-10,13,15H,3-4,11-12,14H2,1-2H3,(H2,23,25,26). The maximum absolute atomic E-state index is 13.0. The van der Waals surface area contributed by atoms with Crippen LogP contribution >= 0.6 is 0 Å². The number of aryl methyl sites for hydroxylation is 1. The number of aliphatic imine (C=N–C) groups is 1. The molecule has 9 heteroatoms. The fourth-order valence-corrected chi connectivity index (χ4v) is 2.77. The Balaban J connectivity index is 1.57. The van der Waals surface area contributed by atoms with Crippen molar-refractivity contribution in [1.82, 2.24) is 30.4 Å². The maximum Gasteiger partial charge on any atom is 0.219 e. The van der Waals surface area contributed by atoms with Crippen molar-refractivity contribution < 1.29 is 9.13 Å². The van der Waals surface area contributed by atoms with Gasteiger partial charge in [-0.2, -0.15) is 0 Å². The number of hydrogen-bond donors (Lipinski definition) is 2. The Morgan fingerprint density at radius 2 is 2.00 bits per heavy atom. The van der Waals surface area contributed by atoms with Gasteiger partial charge in [-0.15, -0.1) is 10.2 Å². The summed E-state index contributed by atoms with van der Waals surface area (Å²) in [6.45, 7) is 6.76. The summed E-state index contributed by atoms with van der Waals surface area (Å²) in [6, 6.07) is 9.53. The second-order valence-electron chi connectivity index (χ2n) is 6.47. The quantitative estimate of drug-likeness (QED) is 0.416. The molecule has 0 radical (unpaired) electrons. The Morgan fingerprint density at radius 3 is 2.77 bits per heavy atom. The zero-order valence-electron chi connectivity index (χ0n) is 17.2. The van der Waals surface area contributed by atoms with Gasteiger partial charge in [0, 0.05) is 38.3 Å². The molecule has 0 aliphatic rings. The number of halogens is 1. The van der Waals surface area contributed by atoms with E-state index in [1.54, 1.807) is 24.7 Å². The minimum atomic E-state index is -0.308. The summed E-state index contributed by atoms with van der Waals surface area (Å²) in [6.07, 6.45) is 4.26. The highest BCUT2D eigenvalue weighted by atomic mass is 19.1. The molecule has 0 aliphatic carbocycles. The molecule has 158 valence electrons. The van der Waals surface area contributed by atoms with Crippen molar-refractivity contribution in [3.63, 3.8) is 0 Å². The minimum Gasteiger partial charge on any atom is -0.439 e. The molecule has 0 atom stereocenters. The van der Waals surface area contributed by atoms with Crippen LogP contribution in [0.3, 0.4) is 0 Å². The Morgan fingerprint density at radius 1 is 1.17 bits per heavy atom. The molecule has 0 saturated carbocycles. The molecule has 8 nitrogen and oxygen atoms in total. The predicted octanol–water partition coefficient (Wildman–Crippen LogP) is 2.92. The SMILES string of the molecule is CCNC(=NCc1ccnc(Oc2ccc(F)cc2)c1)NCCn1cnnc1CC. The lowest BCUT2D eigenvalue weighted by Crippen LogP contribution is -2.38. The highest BCUT2D eigenvalue weighted by Gasteiger charge is 2.04.